The SMILES string of the molecule is Cc1cccc(NC(=O)CC(C)NCCc2c[nH]c3ccccc23)c1C. The molecule has 0 saturated heterocycles. The number of hydrogen-bond acceptors (Lipinski definition) is 2. The van der Waals surface area contributed by atoms with Crippen molar-refractivity contribution < 1.29 is 4.79 Å². The van der Waals surface area contributed by atoms with Gasteiger partial charge >= 0.3 is 0 Å². The number of rotatable bonds is 7. The summed E-state index contributed by atoms with van der Waals surface area (Å²) in [5, 5.41) is 7.75. The van der Waals surface area contributed by atoms with Crippen molar-refractivity contribution in [2.24, 2.45) is 0 Å². The van der Waals surface area contributed by atoms with Gasteiger partial charge in [-0.3, -0.25) is 4.79 Å². The van der Waals surface area contributed by atoms with E-state index in [0.29, 0.717) is 6.42 Å². The highest BCUT2D eigenvalue weighted by molar-refractivity contribution is 5.92. The van der Waals surface area contributed by atoms with Gasteiger partial charge in [0, 0.05) is 35.2 Å². The number of aryl methyl sites for hydroxylation is 1. The summed E-state index contributed by atoms with van der Waals surface area (Å²) in [7, 11) is 0. The first-order valence-corrected chi connectivity index (χ1v) is 9.19. The van der Waals surface area contributed by atoms with E-state index < -0.39 is 0 Å². The van der Waals surface area contributed by atoms with Crippen molar-refractivity contribution in [3.63, 3.8) is 0 Å². The molecule has 136 valence electrons. The van der Waals surface area contributed by atoms with Gasteiger partial charge in [-0.2, -0.15) is 0 Å². The molecule has 1 amide bonds. The van der Waals surface area contributed by atoms with Gasteiger partial charge < -0.3 is 15.6 Å². The van der Waals surface area contributed by atoms with Crippen LogP contribution in [0.4, 0.5) is 5.69 Å². The van der Waals surface area contributed by atoms with Crippen molar-refractivity contribution in [2.75, 3.05) is 11.9 Å². The van der Waals surface area contributed by atoms with Gasteiger partial charge in [-0.1, -0.05) is 30.3 Å². The van der Waals surface area contributed by atoms with Crippen LogP contribution in [-0.4, -0.2) is 23.5 Å². The summed E-state index contributed by atoms with van der Waals surface area (Å²) in [6.45, 7) is 6.99. The summed E-state index contributed by atoms with van der Waals surface area (Å²) in [6, 6.07) is 14.4. The Bertz CT molecular complexity index is 897. The first kappa shape index (κ1) is 18.2. The Morgan fingerprint density at radius 3 is 2.77 bits per heavy atom. The zero-order chi connectivity index (χ0) is 18.5. The Balaban J connectivity index is 1.47. The summed E-state index contributed by atoms with van der Waals surface area (Å²) in [5.74, 6) is 0.0470. The molecule has 1 unspecified atom stereocenters. The molecule has 0 spiro atoms. The number of anilines is 1. The van der Waals surface area contributed by atoms with Crippen molar-refractivity contribution in [3.05, 3.63) is 65.4 Å². The fourth-order valence-corrected chi connectivity index (χ4v) is 3.23. The summed E-state index contributed by atoms with van der Waals surface area (Å²) in [4.78, 5) is 15.6. The molecule has 1 aromatic heterocycles. The number of H-pyrrole nitrogens is 1. The first-order chi connectivity index (χ1) is 12.5. The van der Waals surface area contributed by atoms with Gasteiger partial charge in [0.25, 0.3) is 0 Å². The molecule has 3 rings (SSSR count). The van der Waals surface area contributed by atoms with E-state index in [-0.39, 0.29) is 11.9 Å². The molecule has 1 heterocycles. The van der Waals surface area contributed by atoms with Crippen LogP contribution in [0.25, 0.3) is 10.9 Å². The molecule has 0 saturated carbocycles. The number of carbonyl (C=O) groups excluding carboxylic acids is 1. The minimum Gasteiger partial charge on any atom is -0.361 e. The quantitative estimate of drug-likeness (QED) is 0.594. The Morgan fingerprint density at radius 2 is 1.92 bits per heavy atom. The third-order valence-electron chi connectivity index (χ3n) is 4.93. The molecular formula is C22H27N3O. The molecular weight excluding hydrogens is 322 g/mol. The molecule has 0 fully saturated rings. The lowest BCUT2D eigenvalue weighted by Gasteiger charge is -2.15. The van der Waals surface area contributed by atoms with Gasteiger partial charge in [0.1, 0.15) is 0 Å². The van der Waals surface area contributed by atoms with Crippen molar-refractivity contribution in [3.8, 4) is 0 Å². The molecule has 4 nitrogen and oxygen atoms in total. The third kappa shape index (κ3) is 4.33. The molecule has 3 aromatic rings. The van der Waals surface area contributed by atoms with Crippen LogP contribution >= 0.6 is 0 Å². The van der Waals surface area contributed by atoms with Crippen molar-refractivity contribution in [1.29, 1.82) is 0 Å². The third-order valence-corrected chi connectivity index (χ3v) is 4.93. The van der Waals surface area contributed by atoms with Crippen LogP contribution in [0.5, 0.6) is 0 Å². The Labute approximate surface area is 155 Å². The van der Waals surface area contributed by atoms with E-state index in [9.17, 15) is 4.79 Å². The smallest absolute Gasteiger partial charge is 0.225 e. The van der Waals surface area contributed by atoms with E-state index in [4.69, 9.17) is 0 Å². The van der Waals surface area contributed by atoms with E-state index in [0.717, 1.165) is 24.2 Å². The standard InChI is InChI=1S/C22H27N3O/c1-15-7-6-10-20(17(15)3)25-22(26)13-16(2)23-12-11-18-14-24-21-9-5-4-8-19(18)21/h4-10,14,16,23-24H,11-13H2,1-3H3,(H,25,26). The average molecular weight is 349 g/mol. The van der Waals surface area contributed by atoms with Gasteiger partial charge in [0.15, 0.2) is 0 Å². The molecule has 0 aliphatic carbocycles. The first-order valence-electron chi connectivity index (χ1n) is 9.19. The fraction of sp³-hybridized carbons (Fsp3) is 0.318. The number of aromatic nitrogens is 1. The number of fused-ring (bicyclic) bond motifs is 1. The minimum absolute atomic E-state index is 0.0470. The molecule has 4 heteroatoms. The molecule has 3 N–H and O–H groups in total. The average Bonchev–Trinajstić information content (AvgIpc) is 3.02. The maximum atomic E-state index is 12.3. The maximum absolute atomic E-state index is 12.3. The number of amides is 1. The molecule has 0 bridgehead atoms. The van der Waals surface area contributed by atoms with Crippen LogP contribution in [0, 0.1) is 13.8 Å². The van der Waals surface area contributed by atoms with Crippen LogP contribution in [0.3, 0.4) is 0 Å². The van der Waals surface area contributed by atoms with Gasteiger partial charge in [-0.25, -0.2) is 0 Å². The lowest BCUT2D eigenvalue weighted by Crippen LogP contribution is -2.32. The topological polar surface area (TPSA) is 56.9 Å². The molecule has 0 aliphatic rings. The summed E-state index contributed by atoms with van der Waals surface area (Å²) < 4.78 is 0. The molecule has 26 heavy (non-hydrogen) atoms. The largest absolute Gasteiger partial charge is 0.361 e. The molecule has 0 radical (unpaired) electrons. The van der Waals surface area contributed by atoms with Crippen LogP contribution in [0.15, 0.2) is 48.7 Å². The van der Waals surface area contributed by atoms with Crippen LogP contribution in [0.2, 0.25) is 0 Å². The van der Waals surface area contributed by atoms with Gasteiger partial charge in [-0.15, -0.1) is 0 Å². The summed E-state index contributed by atoms with van der Waals surface area (Å²) in [6.07, 6.45) is 3.47. The number of carbonyl (C=O) groups is 1. The minimum atomic E-state index is 0.0470. The molecule has 1 atom stereocenters. The number of hydrogen-bond donors (Lipinski definition) is 3. The lowest BCUT2D eigenvalue weighted by atomic mass is 10.1. The van der Waals surface area contributed by atoms with Crippen LogP contribution < -0.4 is 10.6 Å². The summed E-state index contributed by atoms with van der Waals surface area (Å²) >= 11 is 0. The fourth-order valence-electron chi connectivity index (χ4n) is 3.23. The second kappa shape index (κ2) is 8.19. The molecule has 2 aromatic carbocycles. The molecule has 0 aliphatic heterocycles. The second-order valence-electron chi connectivity index (χ2n) is 6.96. The predicted molar refractivity (Wildman–Crippen MR) is 109 cm³/mol. The zero-order valence-corrected chi connectivity index (χ0v) is 15.7. The van der Waals surface area contributed by atoms with E-state index in [1.807, 2.05) is 25.1 Å². The van der Waals surface area contributed by atoms with Crippen molar-refractivity contribution in [1.82, 2.24) is 10.3 Å². The van der Waals surface area contributed by atoms with E-state index in [2.05, 4.69) is 59.9 Å². The highest BCUT2D eigenvalue weighted by atomic mass is 16.1. The number of nitrogens with one attached hydrogen (secondary N) is 3. The van der Waals surface area contributed by atoms with Crippen molar-refractivity contribution in [2.45, 2.75) is 39.7 Å². The Kier molecular flexibility index (Phi) is 5.74. The zero-order valence-electron chi connectivity index (χ0n) is 15.7. The van der Waals surface area contributed by atoms with Gasteiger partial charge in [-0.05, 0) is 62.6 Å². The van der Waals surface area contributed by atoms with E-state index in [1.54, 1.807) is 0 Å². The number of benzene rings is 2. The number of aromatic amines is 1. The highest BCUT2D eigenvalue weighted by Crippen LogP contribution is 2.19. The van der Waals surface area contributed by atoms with Crippen LogP contribution in [-0.2, 0) is 11.2 Å². The Morgan fingerprint density at radius 1 is 1.12 bits per heavy atom. The monoisotopic (exact) mass is 349 g/mol. The predicted octanol–water partition coefficient (Wildman–Crippen LogP) is 4.33. The highest BCUT2D eigenvalue weighted by Gasteiger charge is 2.11. The van der Waals surface area contributed by atoms with Crippen LogP contribution in [0.1, 0.15) is 30.0 Å². The Hall–Kier alpha value is -2.59. The van der Waals surface area contributed by atoms with E-state index >= 15 is 0 Å². The normalized spacial score (nSPS) is 12.3. The summed E-state index contributed by atoms with van der Waals surface area (Å²) in [5.41, 5.74) is 5.69. The van der Waals surface area contributed by atoms with Gasteiger partial charge in [0.05, 0.1) is 0 Å². The van der Waals surface area contributed by atoms with Gasteiger partial charge in [0.2, 0.25) is 5.91 Å². The van der Waals surface area contributed by atoms with Crippen molar-refractivity contribution >= 4 is 22.5 Å². The lowest BCUT2D eigenvalue weighted by molar-refractivity contribution is -0.116. The maximum Gasteiger partial charge on any atom is 0.225 e. The second-order valence-corrected chi connectivity index (χ2v) is 6.96. The number of para-hydroxylation sites is 1. The van der Waals surface area contributed by atoms with E-state index in [1.165, 1.54) is 22.0 Å².